The monoisotopic (exact) mass is 306 g/mol. The Hall–Kier alpha value is -0.960. The number of benzene rings is 1. The molecule has 0 saturated heterocycles. The first kappa shape index (κ1) is 16.1. The molecule has 1 aromatic carbocycles. The summed E-state index contributed by atoms with van der Waals surface area (Å²) in [7, 11) is -5.02. The van der Waals surface area contributed by atoms with Crippen molar-refractivity contribution in [3.8, 4) is 0 Å². The summed E-state index contributed by atoms with van der Waals surface area (Å²) in [6, 6.07) is 6.41. The summed E-state index contributed by atoms with van der Waals surface area (Å²) in [5.41, 5.74) is 0.970. The van der Waals surface area contributed by atoms with Crippen molar-refractivity contribution >= 4 is 19.9 Å². The van der Waals surface area contributed by atoms with Crippen LogP contribution < -0.4 is 10.0 Å². The van der Waals surface area contributed by atoms with E-state index in [2.05, 4.69) is 10.0 Å². The largest absolute Gasteiger partial charge is 0.316 e. The van der Waals surface area contributed by atoms with Crippen molar-refractivity contribution in [2.45, 2.75) is 11.4 Å². The Labute approximate surface area is 114 Å². The van der Waals surface area contributed by atoms with E-state index in [-0.39, 0.29) is 17.2 Å². The molecule has 2 N–H and O–H groups in total. The first-order chi connectivity index (χ1) is 8.74. The quantitative estimate of drug-likeness (QED) is 0.723. The molecule has 0 atom stereocenters. The molecule has 19 heavy (non-hydrogen) atoms. The molecule has 1 aromatic rings. The fourth-order valence-electron chi connectivity index (χ4n) is 1.44. The van der Waals surface area contributed by atoms with Crippen LogP contribution >= 0.6 is 0 Å². The zero-order chi connectivity index (χ0) is 14.5. The fourth-order valence-corrected chi connectivity index (χ4v) is 3.07. The maximum absolute atomic E-state index is 11.9. The summed E-state index contributed by atoms with van der Waals surface area (Å²) in [4.78, 5) is 0.126. The minimum Gasteiger partial charge on any atom is -0.316 e. The second-order valence-electron chi connectivity index (χ2n) is 4.20. The van der Waals surface area contributed by atoms with Crippen molar-refractivity contribution in [2.75, 3.05) is 25.6 Å². The van der Waals surface area contributed by atoms with Gasteiger partial charge in [0.05, 0.1) is 10.6 Å². The third-order valence-corrected chi connectivity index (χ3v) is 4.80. The number of rotatable bonds is 7. The summed E-state index contributed by atoms with van der Waals surface area (Å²) < 4.78 is 47.8. The van der Waals surface area contributed by atoms with Gasteiger partial charge in [0.2, 0.25) is 10.0 Å². The fraction of sp³-hybridized carbons (Fsp3) is 0.455. The molecule has 1 rings (SSSR count). The highest BCUT2D eigenvalue weighted by Gasteiger charge is 2.14. The molecule has 0 spiro atoms. The normalized spacial score (nSPS) is 12.5. The Balaban J connectivity index is 2.72. The zero-order valence-electron chi connectivity index (χ0n) is 10.9. The third-order valence-electron chi connectivity index (χ3n) is 2.38. The molecule has 0 aliphatic rings. The topological polar surface area (TPSA) is 92.3 Å². The molecule has 0 saturated carbocycles. The molecule has 8 heteroatoms. The number of nitrogens with one attached hydrogen (secondary N) is 2. The molecular weight excluding hydrogens is 288 g/mol. The van der Waals surface area contributed by atoms with E-state index >= 15 is 0 Å². The van der Waals surface area contributed by atoms with Gasteiger partial charge in [-0.2, -0.15) is 0 Å². The Morgan fingerprint density at radius 2 is 1.63 bits per heavy atom. The molecule has 0 fully saturated rings. The third kappa shape index (κ3) is 5.68. The first-order valence-electron chi connectivity index (χ1n) is 5.65. The standard InChI is InChI=1S/C11H18N2O4S2/c1-12-9-10-3-5-11(6-4-10)19(16,17)13-7-8-18(2,14)15/h3-6,12-13H,7-9H2,1-2H3. The van der Waals surface area contributed by atoms with E-state index in [0.717, 1.165) is 11.8 Å². The molecule has 6 nitrogen and oxygen atoms in total. The molecule has 0 heterocycles. The maximum Gasteiger partial charge on any atom is 0.240 e. The van der Waals surface area contributed by atoms with Crippen LogP contribution in [0.3, 0.4) is 0 Å². The van der Waals surface area contributed by atoms with E-state index in [4.69, 9.17) is 0 Å². The molecule has 0 bridgehead atoms. The van der Waals surface area contributed by atoms with Crippen molar-refractivity contribution in [1.29, 1.82) is 0 Å². The molecule has 108 valence electrons. The Kier molecular flexibility index (Phi) is 5.48. The minimum atomic E-state index is -3.65. The molecule has 0 aromatic heterocycles. The van der Waals surface area contributed by atoms with Gasteiger partial charge >= 0.3 is 0 Å². The lowest BCUT2D eigenvalue weighted by Crippen LogP contribution is -2.28. The van der Waals surface area contributed by atoms with Crippen LogP contribution in [0.25, 0.3) is 0 Å². The van der Waals surface area contributed by atoms with Gasteiger partial charge in [0.25, 0.3) is 0 Å². The summed E-state index contributed by atoms with van der Waals surface area (Å²) >= 11 is 0. The van der Waals surface area contributed by atoms with Gasteiger partial charge in [-0.15, -0.1) is 0 Å². The van der Waals surface area contributed by atoms with Crippen LogP contribution in [0.15, 0.2) is 29.2 Å². The van der Waals surface area contributed by atoms with Crippen LogP contribution in [0, 0.1) is 0 Å². The van der Waals surface area contributed by atoms with Gasteiger partial charge in [0, 0.05) is 19.3 Å². The lowest BCUT2D eigenvalue weighted by Gasteiger charge is -2.07. The Morgan fingerprint density at radius 1 is 1.05 bits per heavy atom. The van der Waals surface area contributed by atoms with Gasteiger partial charge in [0.1, 0.15) is 9.84 Å². The van der Waals surface area contributed by atoms with E-state index in [0.29, 0.717) is 6.54 Å². The summed E-state index contributed by atoms with van der Waals surface area (Å²) in [5.74, 6) is -0.218. The highest BCUT2D eigenvalue weighted by atomic mass is 32.2. The minimum absolute atomic E-state index is 0.126. The van der Waals surface area contributed by atoms with Gasteiger partial charge in [-0.05, 0) is 24.7 Å². The predicted molar refractivity (Wildman–Crippen MR) is 74.1 cm³/mol. The van der Waals surface area contributed by atoms with Gasteiger partial charge in [-0.3, -0.25) is 0 Å². The highest BCUT2D eigenvalue weighted by molar-refractivity contribution is 7.91. The smallest absolute Gasteiger partial charge is 0.240 e. The van der Waals surface area contributed by atoms with E-state index in [1.807, 2.05) is 0 Å². The molecule has 0 unspecified atom stereocenters. The van der Waals surface area contributed by atoms with Gasteiger partial charge in [-0.25, -0.2) is 21.6 Å². The zero-order valence-corrected chi connectivity index (χ0v) is 12.5. The number of hydrogen-bond donors (Lipinski definition) is 2. The SMILES string of the molecule is CNCc1ccc(S(=O)(=O)NCCS(C)(=O)=O)cc1. The first-order valence-corrected chi connectivity index (χ1v) is 9.20. The van der Waals surface area contributed by atoms with Crippen LogP contribution in [0.5, 0.6) is 0 Å². The van der Waals surface area contributed by atoms with Crippen LogP contribution in [0.1, 0.15) is 5.56 Å². The van der Waals surface area contributed by atoms with Crippen LogP contribution in [0.2, 0.25) is 0 Å². The molecule has 0 amide bonds. The Morgan fingerprint density at radius 3 is 2.11 bits per heavy atom. The second-order valence-corrected chi connectivity index (χ2v) is 8.23. The maximum atomic E-state index is 11.9. The average molecular weight is 306 g/mol. The Bertz CT molecular complexity index is 607. The van der Waals surface area contributed by atoms with Crippen molar-refractivity contribution in [2.24, 2.45) is 0 Å². The number of hydrogen-bond acceptors (Lipinski definition) is 5. The van der Waals surface area contributed by atoms with Crippen molar-refractivity contribution < 1.29 is 16.8 Å². The number of sulfone groups is 1. The van der Waals surface area contributed by atoms with E-state index in [9.17, 15) is 16.8 Å². The van der Waals surface area contributed by atoms with Crippen LogP contribution in [-0.4, -0.2) is 42.4 Å². The average Bonchev–Trinajstić information content (AvgIpc) is 2.28. The van der Waals surface area contributed by atoms with E-state index < -0.39 is 19.9 Å². The number of sulfonamides is 1. The van der Waals surface area contributed by atoms with E-state index in [1.54, 1.807) is 19.2 Å². The van der Waals surface area contributed by atoms with Gasteiger partial charge in [0.15, 0.2) is 0 Å². The van der Waals surface area contributed by atoms with Gasteiger partial charge < -0.3 is 5.32 Å². The predicted octanol–water partition coefficient (Wildman–Crippen LogP) is -0.271. The van der Waals surface area contributed by atoms with Crippen LogP contribution in [0.4, 0.5) is 0 Å². The van der Waals surface area contributed by atoms with Crippen molar-refractivity contribution in [3.63, 3.8) is 0 Å². The molecule has 0 aliphatic carbocycles. The van der Waals surface area contributed by atoms with Crippen molar-refractivity contribution in [3.05, 3.63) is 29.8 Å². The molecular formula is C11H18N2O4S2. The molecule has 0 aliphatic heterocycles. The van der Waals surface area contributed by atoms with Crippen molar-refractivity contribution in [1.82, 2.24) is 10.0 Å². The van der Waals surface area contributed by atoms with Crippen LogP contribution in [-0.2, 0) is 26.4 Å². The summed E-state index contributed by atoms with van der Waals surface area (Å²) in [6.07, 6.45) is 1.06. The lowest BCUT2D eigenvalue weighted by molar-refractivity contribution is 0.582. The lowest BCUT2D eigenvalue weighted by atomic mass is 10.2. The molecule has 0 radical (unpaired) electrons. The summed E-state index contributed by atoms with van der Waals surface area (Å²) in [6.45, 7) is 0.529. The summed E-state index contributed by atoms with van der Waals surface area (Å²) in [5, 5.41) is 2.96. The van der Waals surface area contributed by atoms with E-state index in [1.165, 1.54) is 12.1 Å². The second kappa shape index (κ2) is 6.47. The highest BCUT2D eigenvalue weighted by Crippen LogP contribution is 2.10. The van der Waals surface area contributed by atoms with Gasteiger partial charge in [-0.1, -0.05) is 12.1 Å².